The van der Waals surface area contributed by atoms with Gasteiger partial charge in [-0.05, 0) is 6.92 Å². The van der Waals surface area contributed by atoms with E-state index in [-0.39, 0.29) is 11.3 Å². The molecule has 0 aromatic carbocycles. The van der Waals surface area contributed by atoms with Crippen LogP contribution in [0.1, 0.15) is 13.3 Å². The largest absolute Gasteiger partial charge is 0.349 e. The summed E-state index contributed by atoms with van der Waals surface area (Å²) in [4.78, 5) is 12.3. The van der Waals surface area contributed by atoms with E-state index in [4.69, 9.17) is 11.6 Å². The molecule has 0 fully saturated rings. The van der Waals surface area contributed by atoms with Crippen molar-refractivity contribution in [2.24, 2.45) is 0 Å². The first-order valence-corrected chi connectivity index (χ1v) is 3.32. The molecule has 0 saturated carbocycles. The Hall–Kier alpha value is -0.240. The van der Waals surface area contributed by atoms with E-state index in [0.29, 0.717) is 6.42 Å². The third-order valence-electron chi connectivity index (χ3n) is 0.955. The average Bonchev–Trinajstić information content (AvgIpc) is 1.63. The van der Waals surface area contributed by atoms with E-state index in [0.717, 1.165) is 0 Å². The Kier molecular flexibility index (Phi) is 3.62. The Morgan fingerprint density at radius 3 is 2.22 bits per heavy atom. The second-order valence-electron chi connectivity index (χ2n) is 2.27. The molecule has 0 unspecified atom stereocenters. The third kappa shape index (κ3) is 4.28. The summed E-state index contributed by atoms with van der Waals surface area (Å²) < 4.78 is 0. The zero-order valence-corrected chi connectivity index (χ0v) is 6.77. The van der Waals surface area contributed by atoms with Crippen LogP contribution in [0.25, 0.3) is 0 Å². The summed E-state index contributed by atoms with van der Waals surface area (Å²) in [5.41, 5.74) is 0. The lowest BCUT2D eigenvalue weighted by Gasteiger charge is -2.10. The molecule has 0 aliphatic rings. The fourth-order valence-corrected chi connectivity index (χ4v) is 0.555. The maximum atomic E-state index is 10.8. The molecule has 0 bridgehead atoms. The average molecular weight is 150 g/mol. The van der Waals surface area contributed by atoms with E-state index in [1.165, 1.54) is 0 Å². The number of alkyl halides is 1. The van der Waals surface area contributed by atoms with E-state index >= 15 is 0 Å². The molecule has 2 nitrogen and oxygen atoms in total. The predicted molar refractivity (Wildman–Crippen MR) is 38.6 cm³/mol. The van der Waals surface area contributed by atoms with Crippen LogP contribution in [0.4, 0.5) is 0 Å². The number of nitrogens with zero attached hydrogens (tertiary/aromatic N) is 1. The molecule has 0 aliphatic carbocycles. The highest BCUT2D eigenvalue weighted by atomic mass is 35.5. The Morgan fingerprint density at radius 2 is 2.11 bits per heavy atom. The number of halogens is 1. The summed E-state index contributed by atoms with van der Waals surface area (Å²) >= 11 is 5.57. The molecule has 1 amide bonds. The maximum absolute atomic E-state index is 10.8. The molecule has 0 saturated heterocycles. The minimum absolute atomic E-state index is 0.0556. The fraction of sp³-hybridized carbons (Fsp3) is 0.833. The predicted octanol–water partition coefficient (Wildman–Crippen LogP) is 1.09. The summed E-state index contributed by atoms with van der Waals surface area (Å²) in [5, 5.41) is -0.0556. The zero-order chi connectivity index (χ0) is 7.44. The van der Waals surface area contributed by atoms with E-state index < -0.39 is 0 Å². The second-order valence-corrected chi connectivity index (χ2v) is 3.02. The van der Waals surface area contributed by atoms with Gasteiger partial charge in [0.05, 0.1) is 0 Å². The van der Waals surface area contributed by atoms with Gasteiger partial charge in [0.15, 0.2) is 0 Å². The highest BCUT2D eigenvalue weighted by Crippen LogP contribution is 2.00. The highest BCUT2D eigenvalue weighted by Gasteiger charge is 2.06. The van der Waals surface area contributed by atoms with Gasteiger partial charge in [-0.3, -0.25) is 4.79 Å². The van der Waals surface area contributed by atoms with E-state index in [1.54, 1.807) is 19.0 Å². The van der Waals surface area contributed by atoms with Gasteiger partial charge in [-0.15, -0.1) is 11.6 Å². The quantitative estimate of drug-likeness (QED) is 0.539. The number of carbonyl (C=O) groups is 1. The molecule has 0 rings (SSSR count). The minimum atomic E-state index is -0.0556. The smallest absolute Gasteiger partial charge is 0.223 e. The molecular weight excluding hydrogens is 138 g/mol. The van der Waals surface area contributed by atoms with E-state index in [2.05, 4.69) is 0 Å². The van der Waals surface area contributed by atoms with Crippen molar-refractivity contribution < 1.29 is 4.79 Å². The standard InChI is InChI=1S/C6H12ClNO/c1-5(7)4-6(9)8(2)3/h5H,4H2,1-3H3/t5-/m0/s1. The van der Waals surface area contributed by atoms with Crippen LogP contribution in [0.5, 0.6) is 0 Å². The monoisotopic (exact) mass is 149 g/mol. The van der Waals surface area contributed by atoms with Gasteiger partial charge < -0.3 is 4.90 Å². The number of hydrogen-bond acceptors (Lipinski definition) is 1. The molecular formula is C6H12ClNO. The van der Waals surface area contributed by atoms with Crippen molar-refractivity contribution in [2.75, 3.05) is 14.1 Å². The molecule has 54 valence electrons. The summed E-state index contributed by atoms with van der Waals surface area (Å²) in [7, 11) is 3.45. The Labute approximate surface area is 60.8 Å². The van der Waals surface area contributed by atoms with Gasteiger partial charge in [-0.25, -0.2) is 0 Å². The van der Waals surface area contributed by atoms with Crippen molar-refractivity contribution >= 4 is 17.5 Å². The molecule has 0 heterocycles. The molecule has 0 aromatic rings. The molecule has 9 heavy (non-hydrogen) atoms. The lowest BCUT2D eigenvalue weighted by molar-refractivity contribution is -0.128. The first-order chi connectivity index (χ1) is 4.04. The number of carbonyl (C=O) groups excluding carboxylic acids is 1. The van der Waals surface area contributed by atoms with Crippen molar-refractivity contribution in [3.63, 3.8) is 0 Å². The second kappa shape index (κ2) is 3.72. The number of amides is 1. The molecule has 0 spiro atoms. The molecule has 1 atom stereocenters. The normalized spacial score (nSPS) is 12.9. The van der Waals surface area contributed by atoms with Gasteiger partial charge in [0, 0.05) is 25.9 Å². The van der Waals surface area contributed by atoms with Crippen LogP contribution in [0.15, 0.2) is 0 Å². The van der Waals surface area contributed by atoms with Crippen LogP contribution in [-0.4, -0.2) is 30.3 Å². The van der Waals surface area contributed by atoms with Crippen LogP contribution < -0.4 is 0 Å². The highest BCUT2D eigenvalue weighted by molar-refractivity contribution is 6.21. The van der Waals surface area contributed by atoms with Crippen LogP contribution in [-0.2, 0) is 4.79 Å². The maximum Gasteiger partial charge on any atom is 0.223 e. The molecule has 0 N–H and O–H groups in total. The topological polar surface area (TPSA) is 20.3 Å². The third-order valence-corrected chi connectivity index (χ3v) is 1.11. The van der Waals surface area contributed by atoms with Gasteiger partial charge in [0.1, 0.15) is 0 Å². The van der Waals surface area contributed by atoms with Crippen LogP contribution >= 0.6 is 11.6 Å². The molecule has 0 radical (unpaired) electrons. The molecule has 0 aromatic heterocycles. The molecule has 0 aliphatic heterocycles. The lowest BCUT2D eigenvalue weighted by Crippen LogP contribution is -2.23. The summed E-state index contributed by atoms with van der Waals surface area (Å²) in [6.07, 6.45) is 0.425. The van der Waals surface area contributed by atoms with Crippen molar-refractivity contribution in [3.05, 3.63) is 0 Å². The summed E-state index contributed by atoms with van der Waals surface area (Å²) in [6.45, 7) is 1.81. The van der Waals surface area contributed by atoms with Gasteiger partial charge in [-0.2, -0.15) is 0 Å². The van der Waals surface area contributed by atoms with Crippen LogP contribution in [0, 0.1) is 0 Å². The number of rotatable bonds is 2. The Morgan fingerprint density at radius 1 is 1.67 bits per heavy atom. The fourth-order valence-electron chi connectivity index (χ4n) is 0.423. The van der Waals surface area contributed by atoms with Crippen LogP contribution in [0.2, 0.25) is 0 Å². The van der Waals surface area contributed by atoms with Crippen molar-refractivity contribution in [1.29, 1.82) is 0 Å². The van der Waals surface area contributed by atoms with Gasteiger partial charge >= 0.3 is 0 Å². The van der Waals surface area contributed by atoms with E-state index in [9.17, 15) is 4.79 Å². The van der Waals surface area contributed by atoms with Crippen molar-refractivity contribution in [3.8, 4) is 0 Å². The summed E-state index contributed by atoms with van der Waals surface area (Å²) in [5.74, 6) is 0.0810. The molecule has 3 heteroatoms. The Balaban J connectivity index is 3.51. The van der Waals surface area contributed by atoms with Crippen molar-refractivity contribution in [2.45, 2.75) is 18.7 Å². The van der Waals surface area contributed by atoms with Gasteiger partial charge in [-0.1, -0.05) is 0 Å². The first-order valence-electron chi connectivity index (χ1n) is 2.88. The van der Waals surface area contributed by atoms with Crippen LogP contribution in [0.3, 0.4) is 0 Å². The van der Waals surface area contributed by atoms with E-state index in [1.807, 2.05) is 6.92 Å². The summed E-state index contributed by atoms with van der Waals surface area (Å²) in [6, 6.07) is 0. The first kappa shape index (κ1) is 8.76. The van der Waals surface area contributed by atoms with Crippen molar-refractivity contribution in [1.82, 2.24) is 4.90 Å². The van der Waals surface area contributed by atoms with Gasteiger partial charge in [0.25, 0.3) is 0 Å². The lowest BCUT2D eigenvalue weighted by atomic mass is 10.3. The zero-order valence-electron chi connectivity index (χ0n) is 6.02. The SMILES string of the molecule is C[C@H](Cl)CC(=O)N(C)C. The number of hydrogen-bond donors (Lipinski definition) is 0. The van der Waals surface area contributed by atoms with Gasteiger partial charge in [0.2, 0.25) is 5.91 Å². The minimum Gasteiger partial charge on any atom is -0.349 e. The Bertz CT molecular complexity index is 101.